The maximum Gasteiger partial charge on any atom is 0.263 e. The van der Waals surface area contributed by atoms with Gasteiger partial charge in [-0.05, 0) is 56.2 Å². The highest BCUT2D eigenvalue weighted by Crippen LogP contribution is 2.41. The molecule has 1 aliphatic rings. The van der Waals surface area contributed by atoms with Crippen LogP contribution in [0.25, 0.3) is 0 Å². The summed E-state index contributed by atoms with van der Waals surface area (Å²) in [5, 5.41) is 11.3. The number of hydrogen-bond donors (Lipinski definition) is 3. The predicted octanol–water partition coefficient (Wildman–Crippen LogP) is 2.39. The van der Waals surface area contributed by atoms with E-state index >= 15 is 0 Å². The molecule has 2 aromatic rings. The van der Waals surface area contributed by atoms with Gasteiger partial charge in [-0.2, -0.15) is 0 Å². The Balaban J connectivity index is 1.91. The van der Waals surface area contributed by atoms with Crippen LogP contribution in [-0.4, -0.2) is 47.9 Å². The fourth-order valence-corrected chi connectivity index (χ4v) is 4.50. The minimum atomic E-state index is -0.716. The third-order valence-electron chi connectivity index (χ3n) is 4.75. The molecule has 31 heavy (non-hydrogen) atoms. The summed E-state index contributed by atoms with van der Waals surface area (Å²) in [5.74, 6) is -0.517. The van der Waals surface area contributed by atoms with E-state index in [4.69, 9.17) is 9.94 Å². The van der Waals surface area contributed by atoms with Crippen molar-refractivity contribution in [3.63, 3.8) is 0 Å². The van der Waals surface area contributed by atoms with Gasteiger partial charge < -0.3 is 15.0 Å². The molecule has 0 aromatic heterocycles. The Morgan fingerprint density at radius 1 is 1.19 bits per heavy atom. The fourth-order valence-electron chi connectivity index (χ4n) is 3.26. The number of hydroxylamine groups is 1. The van der Waals surface area contributed by atoms with Gasteiger partial charge in [0.25, 0.3) is 11.8 Å². The smallest absolute Gasteiger partial charge is 0.263 e. The normalized spacial score (nSPS) is 15.5. The third-order valence-corrected chi connectivity index (χ3v) is 6.00. The van der Waals surface area contributed by atoms with Gasteiger partial charge >= 0.3 is 0 Å². The van der Waals surface area contributed by atoms with E-state index in [1.807, 2.05) is 38.1 Å². The molecule has 3 rings (SSSR count). The van der Waals surface area contributed by atoms with E-state index in [0.717, 1.165) is 16.2 Å². The van der Waals surface area contributed by atoms with Gasteiger partial charge in [0.05, 0.1) is 18.0 Å². The minimum Gasteiger partial charge on any atom is -0.497 e. The first kappa shape index (κ1) is 22.6. The number of amides is 3. The summed E-state index contributed by atoms with van der Waals surface area (Å²) < 4.78 is 5.17. The summed E-state index contributed by atoms with van der Waals surface area (Å²) in [7, 11) is 1.59. The number of rotatable bonds is 7. The monoisotopic (exact) mass is 443 g/mol. The van der Waals surface area contributed by atoms with Crippen LogP contribution in [0, 0.1) is 0 Å². The minimum absolute atomic E-state index is 0.0373. The lowest BCUT2D eigenvalue weighted by molar-refractivity contribution is -0.129. The SMILES string of the molecule is COc1ccc(CC2Sc3ccc(C(=O)NC(C)C)cc3N(CC(=O)NO)C2=O)cc1. The van der Waals surface area contributed by atoms with Gasteiger partial charge in [-0.15, -0.1) is 11.8 Å². The first-order valence-corrected chi connectivity index (χ1v) is 10.7. The molecule has 9 heteroatoms. The largest absolute Gasteiger partial charge is 0.497 e. The molecule has 164 valence electrons. The average molecular weight is 444 g/mol. The maximum atomic E-state index is 13.2. The van der Waals surface area contributed by atoms with Crippen molar-refractivity contribution in [3.8, 4) is 5.75 Å². The molecule has 0 saturated heterocycles. The Labute approximate surface area is 184 Å². The number of methoxy groups -OCH3 is 1. The Morgan fingerprint density at radius 3 is 2.52 bits per heavy atom. The van der Waals surface area contributed by atoms with E-state index in [-0.39, 0.29) is 24.4 Å². The number of ether oxygens (including phenoxy) is 1. The van der Waals surface area contributed by atoms with Crippen LogP contribution in [0.4, 0.5) is 5.69 Å². The van der Waals surface area contributed by atoms with Gasteiger partial charge in [0.2, 0.25) is 5.91 Å². The van der Waals surface area contributed by atoms with Crippen molar-refractivity contribution >= 4 is 35.2 Å². The lowest BCUT2D eigenvalue weighted by Gasteiger charge is -2.33. The van der Waals surface area contributed by atoms with Gasteiger partial charge in [0.1, 0.15) is 12.3 Å². The second-order valence-corrected chi connectivity index (χ2v) is 8.67. The van der Waals surface area contributed by atoms with Gasteiger partial charge in [0, 0.05) is 16.5 Å². The van der Waals surface area contributed by atoms with Crippen LogP contribution in [-0.2, 0) is 16.0 Å². The van der Waals surface area contributed by atoms with Crippen molar-refractivity contribution in [2.75, 3.05) is 18.6 Å². The first-order chi connectivity index (χ1) is 14.8. The molecule has 1 unspecified atom stereocenters. The van der Waals surface area contributed by atoms with Crippen LogP contribution < -0.4 is 20.4 Å². The van der Waals surface area contributed by atoms with Crippen LogP contribution in [0.1, 0.15) is 29.8 Å². The molecular weight excluding hydrogens is 418 g/mol. The number of carbonyl (C=O) groups excluding carboxylic acids is 3. The third kappa shape index (κ3) is 5.36. The average Bonchev–Trinajstić information content (AvgIpc) is 2.76. The van der Waals surface area contributed by atoms with Gasteiger partial charge in [-0.1, -0.05) is 12.1 Å². The molecule has 0 aliphatic carbocycles. The number of nitrogens with one attached hydrogen (secondary N) is 2. The summed E-state index contributed by atoms with van der Waals surface area (Å²) >= 11 is 1.39. The highest BCUT2D eigenvalue weighted by Gasteiger charge is 2.35. The predicted molar refractivity (Wildman–Crippen MR) is 118 cm³/mol. The van der Waals surface area contributed by atoms with Gasteiger partial charge in [-0.25, -0.2) is 5.48 Å². The van der Waals surface area contributed by atoms with Crippen LogP contribution in [0.2, 0.25) is 0 Å². The summed E-state index contributed by atoms with van der Waals surface area (Å²) in [6, 6.07) is 12.5. The van der Waals surface area contributed by atoms with Gasteiger partial charge in [0.15, 0.2) is 0 Å². The number of fused-ring (bicyclic) bond motifs is 1. The van der Waals surface area contributed by atoms with Crippen molar-refractivity contribution in [3.05, 3.63) is 53.6 Å². The van der Waals surface area contributed by atoms with Crippen molar-refractivity contribution in [1.82, 2.24) is 10.8 Å². The number of carbonyl (C=O) groups is 3. The lowest BCUT2D eigenvalue weighted by atomic mass is 10.1. The first-order valence-electron chi connectivity index (χ1n) is 9.81. The second-order valence-electron chi connectivity index (χ2n) is 7.43. The molecule has 0 saturated carbocycles. The lowest BCUT2D eigenvalue weighted by Crippen LogP contribution is -2.46. The standard InChI is InChI=1S/C22H25N3O5S/c1-13(2)23-21(27)15-6-9-18-17(11-15)25(12-20(26)24-29)22(28)19(31-18)10-14-4-7-16(30-3)8-5-14/h4-9,11,13,19,29H,10,12H2,1-3H3,(H,23,27)(H,24,26). The van der Waals surface area contributed by atoms with Crippen LogP contribution in [0.3, 0.4) is 0 Å². The van der Waals surface area contributed by atoms with Crippen molar-refractivity contribution in [2.45, 2.75) is 36.5 Å². The highest BCUT2D eigenvalue weighted by molar-refractivity contribution is 8.01. The van der Waals surface area contributed by atoms with Crippen LogP contribution in [0.5, 0.6) is 5.75 Å². The molecule has 2 aromatic carbocycles. The second kappa shape index (κ2) is 9.84. The number of anilines is 1. The molecule has 1 aliphatic heterocycles. The zero-order chi connectivity index (χ0) is 22.5. The zero-order valence-corrected chi connectivity index (χ0v) is 18.4. The molecule has 0 fully saturated rings. The molecule has 0 spiro atoms. The molecule has 8 nitrogen and oxygen atoms in total. The van der Waals surface area contributed by atoms with Crippen molar-refractivity contribution in [2.24, 2.45) is 0 Å². The quantitative estimate of drug-likeness (QED) is 0.448. The van der Waals surface area contributed by atoms with Crippen LogP contribution in [0.15, 0.2) is 47.4 Å². The van der Waals surface area contributed by atoms with E-state index in [1.54, 1.807) is 30.8 Å². The van der Waals surface area contributed by atoms with E-state index < -0.39 is 11.2 Å². The Bertz CT molecular complexity index is 978. The fraction of sp³-hybridized carbons (Fsp3) is 0.318. The Morgan fingerprint density at radius 2 is 1.90 bits per heavy atom. The van der Waals surface area contributed by atoms with E-state index in [0.29, 0.717) is 17.7 Å². The highest BCUT2D eigenvalue weighted by atomic mass is 32.2. The van der Waals surface area contributed by atoms with Crippen LogP contribution >= 0.6 is 11.8 Å². The summed E-state index contributed by atoms with van der Waals surface area (Å²) in [5.41, 5.74) is 3.39. The molecule has 0 radical (unpaired) electrons. The topological polar surface area (TPSA) is 108 Å². The molecular formula is C22H25N3O5S. The van der Waals surface area contributed by atoms with Crippen molar-refractivity contribution < 1.29 is 24.3 Å². The number of thioether (sulfide) groups is 1. The summed E-state index contributed by atoms with van der Waals surface area (Å²) in [6.45, 7) is 3.37. The summed E-state index contributed by atoms with van der Waals surface area (Å²) in [6.07, 6.45) is 0.458. The summed E-state index contributed by atoms with van der Waals surface area (Å²) in [4.78, 5) is 39.6. The molecule has 0 bridgehead atoms. The zero-order valence-electron chi connectivity index (χ0n) is 17.5. The number of benzene rings is 2. The Kier molecular flexibility index (Phi) is 7.19. The van der Waals surface area contributed by atoms with Crippen molar-refractivity contribution in [1.29, 1.82) is 0 Å². The maximum absolute atomic E-state index is 13.2. The number of nitrogens with zero attached hydrogens (tertiary/aromatic N) is 1. The molecule has 3 N–H and O–H groups in total. The van der Waals surface area contributed by atoms with E-state index in [9.17, 15) is 14.4 Å². The van der Waals surface area contributed by atoms with E-state index in [1.165, 1.54) is 16.7 Å². The van der Waals surface area contributed by atoms with Gasteiger partial charge in [-0.3, -0.25) is 19.6 Å². The molecule has 3 amide bonds. The number of hydrogen-bond acceptors (Lipinski definition) is 6. The molecule has 1 heterocycles. The van der Waals surface area contributed by atoms with E-state index in [2.05, 4.69) is 5.32 Å². The molecule has 1 atom stereocenters. The Hall–Kier alpha value is -3.04.